The zero-order valence-electron chi connectivity index (χ0n) is 11.7. The standard InChI is InChI=1S/C17H21NO2/c1-17(13-19,15-10-6-3-7-11-15)18-12-16(20)14-8-4-2-5-9-14/h2-11,16,18-20H,12-13H2,1H3. The van der Waals surface area contributed by atoms with E-state index < -0.39 is 11.6 Å². The number of rotatable bonds is 6. The van der Waals surface area contributed by atoms with Gasteiger partial charge in [-0.3, -0.25) is 0 Å². The van der Waals surface area contributed by atoms with Crippen molar-refractivity contribution < 1.29 is 10.2 Å². The first-order valence-corrected chi connectivity index (χ1v) is 6.80. The van der Waals surface area contributed by atoms with Gasteiger partial charge in [0.05, 0.1) is 18.2 Å². The third-order valence-corrected chi connectivity index (χ3v) is 3.60. The smallest absolute Gasteiger partial charge is 0.0914 e. The summed E-state index contributed by atoms with van der Waals surface area (Å²) in [4.78, 5) is 0. The molecule has 0 radical (unpaired) electrons. The Bertz CT molecular complexity index is 515. The van der Waals surface area contributed by atoms with Gasteiger partial charge < -0.3 is 15.5 Å². The number of aliphatic hydroxyl groups excluding tert-OH is 2. The molecule has 0 spiro atoms. The van der Waals surface area contributed by atoms with Crippen LogP contribution in [0.3, 0.4) is 0 Å². The topological polar surface area (TPSA) is 52.5 Å². The summed E-state index contributed by atoms with van der Waals surface area (Å²) in [5.41, 5.74) is 1.31. The van der Waals surface area contributed by atoms with E-state index in [0.29, 0.717) is 6.54 Å². The molecular weight excluding hydrogens is 250 g/mol. The number of aliphatic hydroxyl groups is 2. The predicted molar refractivity (Wildman–Crippen MR) is 80.3 cm³/mol. The molecule has 106 valence electrons. The molecule has 3 nitrogen and oxygen atoms in total. The van der Waals surface area contributed by atoms with Gasteiger partial charge in [0.25, 0.3) is 0 Å². The van der Waals surface area contributed by atoms with Crippen LogP contribution < -0.4 is 5.32 Å². The van der Waals surface area contributed by atoms with Crippen LogP contribution in [-0.2, 0) is 5.54 Å². The second-order valence-corrected chi connectivity index (χ2v) is 5.16. The van der Waals surface area contributed by atoms with Crippen molar-refractivity contribution in [3.05, 3.63) is 71.8 Å². The molecule has 0 heterocycles. The van der Waals surface area contributed by atoms with E-state index in [1.807, 2.05) is 67.6 Å². The molecule has 0 amide bonds. The minimum Gasteiger partial charge on any atom is -0.394 e. The van der Waals surface area contributed by atoms with Crippen LogP contribution in [0.25, 0.3) is 0 Å². The van der Waals surface area contributed by atoms with Crippen LogP contribution in [0, 0.1) is 0 Å². The maximum absolute atomic E-state index is 10.2. The summed E-state index contributed by atoms with van der Waals surface area (Å²) in [5, 5.41) is 23.1. The van der Waals surface area contributed by atoms with Crippen molar-refractivity contribution in [1.29, 1.82) is 0 Å². The number of benzene rings is 2. The van der Waals surface area contributed by atoms with Crippen molar-refractivity contribution in [3.63, 3.8) is 0 Å². The fourth-order valence-electron chi connectivity index (χ4n) is 2.17. The van der Waals surface area contributed by atoms with Crippen molar-refractivity contribution in [2.24, 2.45) is 0 Å². The minimum atomic E-state index is -0.592. The Morgan fingerprint density at radius 3 is 2.10 bits per heavy atom. The first kappa shape index (κ1) is 14.7. The lowest BCUT2D eigenvalue weighted by Crippen LogP contribution is -2.44. The maximum Gasteiger partial charge on any atom is 0.0914 e. The Hall–Kier alpha value is -1.68. The molecule has 2 atom stereocenters. The third kappa shape index (κ3) is 3.45. The maximum atomic E-state index is 10.2. The largest absolute Gasteiger partial charge is 0.394 e. The summed E-state index contributed by atoms with van der Waals surface area (Å²) in [6.45, 7) is 2.29. The fourth-order valence-corrected chi connectivity index (χ4v) is 2.17. The summed E-state index contributed by atoms with van der Waals surface area (Å²) in [6.07, 6.45) is -0.592. The van der Waals surface area contributed by atoms with Crippen molar-refractivity contribution >= 4 is 0 Å². The average molecular weight is 271 g/mol. The molecule has 3 heteroatoms. The highest BCUT2D eigenvalue weighted by Crippen LogP contribution is 2.21. The van der Waals surface area contributed by atoms with Gasteiger partial charge in [0.15, 0.2) is 0 Å². The lowest BCUT2D eigenvalue weighted by Gasteiger charge is -2.30. The Balaban J connectivity index is 2.04. The van der Waals surface area contributed by atoms with Crippen LogP contribution in [-0.4, -0.2) is 23.4 Å². The van der Waals surface area contributed by atoms with E-state index in [1.54, 1.807) is 0 Å². The van der Waals surface area contributed by atoms with E-state index in [0.717, 1.165) is 11.1 Å². The fraction of sp³-hybridized carbons (Fsp3) is 0.294. The molecular formula is C17H21NO2. The SMILES string of the molecule is CC(CO)(NCC(O)c1ccccc1)c1ccccc1. The van der Waals surface area contributed by atoms with Gasteiger partial charge in [-0.2, -0.15) is 0 Å². The van der Waals surface area contributed by atoms with Crippen LogP contribution in [0.4, 0.5) is 0 Å². The molecule has 0 aromatic heterocycles. The number of nitrogens with one attached hydrogen (secondary N) is 1. The number of hydrogen-bond acceptors (Lipinski definition) is 3. The first-order chi connectivity index (χ1) is 9.65. The van der Waals surface area contributed by atoms with E-state index in [9.17, 15) is 10.2 Å². The second kappa shape index (κ2) is 6.66. The van der Waals surface area contributed by atoms with E-state index >= 15 is 0 Å². The zero-order valence-corrected chi connectivity index (χ0v) is 11.7. The highest BCUT2D eigenvalue weighted by Gasteiger charge is 2.25. The Morgan fingerprint density at radius 2 is 1.55 bits per heavy atom. The zero-order chi connectivity index (χ0) is 14.4. The molecule has 2 aromatic carbocycles. The van der Waals surface area contributed by atoms with Crippen molar-refractivity contribution in [2.75, 3.05) is 13.2 Å². The molecule has 2 rings (SSSR count). The van der Waals surface area contributed by atoms with Crippen molar-refractivity contribution in [1.82, 2.24) is 5.32 Å². The van der Waals surface area contributed by atoms with E-state index in [-0.39, 0.29) is 6.61 Å². The molecule has 0 aliphatic carbocycles. The van der Waals surface area contributed by atoms with Gasteiger partial charge in [-0.1, -0.05) is 60.7 Å². The summed E-state index contributed by atoms with van der Waals surface area (Å²) in [5.74, 6) is 0. The van der Waals surface area contributed by atoms with Gasteiger partial charge in [-0.25, -0.2) is 0 Å². The van der Waals surface area contributed by atoms with Crippen molar-refractivity contribution in [3.8, 4) is 0 Å². The van der Waals surface area contributed by atoms with E-state index in [1.165, 1.54) is 0 Å². The van der Waals surface area contributed by atoms with Gasteiger partial charge in [-0.15, -0.1) is 0 Å². The van der Waals surface area contributed by atoms with Gasteiger partial charge in [0, 0.05) is 6.54 Å². The molecule has 20 heavy (non-hydrogen) atoms. The van der Waals surface area contributed by atoms with Crippen LogP contribution in [0.15, 0.2) is 60.7 Å². The summed E-state index contributed by atoms with van der Waals surface area (Å²) >= 11 is 0. The highest BCUT2D eigenvalue weighted by atomic mass is 16.3. The Kier molecular flexibility index (Phi) is 4.90. The third-order valence-electron chi connectivity index (χ3n) is 3.60. The van der Waals surface area contributed by atoms with Gasteiger partial charge in [0.2, 0.25) is 0 Å². The molecule has 0 bridgehead atoms. The molecule has 0 saturated heterocycles. The molecule has 0 aliphatic heterocycles. The average Bonchev–Trinajstić information content (AvgIpc) is 2.54. The first-order valence-electron chi connectivity index (χ1n) is 6.80. The van der Waals surface area contributed by atoms with Crippen LogP contribution in [0.5, 0.6) is 0 Å². The van der Waals surface area contributed by atoms with Crippen LogP contribution in [0.2, 0.25) is 0 Å². The highest BCUT2D eigenvalue weighted by molar-refractivity contribution is 5.24. The molecule has 0 fully saturated rings. The number of hydrogen-bond donors (Lipinski definition) is 3. The van der Waals surface area contributed by atoms with Crippen LogP contribution in [0.1, 0.15) is 24.2 Å². The Morgan fingerprint density at radius 1 is 1.00 bits per heavy atom. The molecule has 0 aliphatic rings. The Labute approximate surface area is 119 Å². The minimum absolute atomic E-state index is 0.0292. The molecule has 2 aromatic rings. The predicted octanol–water partition coefficient (Wildman–Crippen LogP) is 2.22. The lowest BCUT2D eigenvalue weighted by molar-refractivity contribution is 0.128. The second-order valence-electron chi connectivity index (χ2n) is 5.16. The summed E-state index contributed by atoms with van der Waals surface area (Å²) in [6, 6.07) is 19.3. The quantitative estimate of drug-likeness (QED) is 0.755. The van der Waals surface area contributed by atoms with Gasteiger partial charge >= 0.3 is 0 Å². The van der Waals surface area contributed by atoms with E-state index in [2.05, 4.69) is 5.32 Å². The lowest BCUT2D eigenvalue weighted by atomic mass is 9.92. The van der Waals surface area contributed by atoms with E-state index in [4.69, 9.17) is 0 Å². The molecule has 2 unspecified atom stereocenters. The van der Waals surface area contributed by atoms with Crippen molar-refractivity contribution in [2.45, 2.75) is 18.6 Å². The van der Waals surface area contributed by atoms with Gasteiger partial charge in [0.1, 0.15) is 0 Å². The van der Waals surface area contributed by atoms with Gasteiger partial charge in [-0.05, 0) is 18.1 Å². The van der Waals surface area contributed by atoms with Crippen LogP contribution >= 0.6 is 0 Å². The monoisotopic (exact) mass is 271 g/mol. The summed E-state index contributed by atoms with van der Waals surface area (Å²) < 4.78 is 0. The molecule has 3 N–H and O–H groups in total. The molecule has 0 saturated carbocycles. The summed E-state index contributed by atoms with van der Waals surface area (Å²) in [7, 11) is 0. The normalized spacial score (nSPS) is 15.6.